The van der Waals surface area contributed by atoms with Crippen LogP contribution in [0.4, 0.5) is 0 Å². The first-order valence-electron chi connectivity index (χ1n) is 9.22. The number of hydrogen-bond donors (Lipinski definition) is 1. The van der Waals surface area contributed by atoms with Crippen LogP contribution < -0.4 is 5.32 Å². The number of hydrogen-bond acceptors (Lipinski definition) is 5. The van der Waals surface area contributed by atoms with Crippen LogP contribution in [0, 0.1) is 5.92 Å². The third-order valence-electron chi connectivity index (χ3n) is 3.58. The van der Waals surface area contributed by atoms with Gasteiger partial charge in [-0.05, 0) is 45.1 Å². The Morgan fingerprint density at radius 3 is 2.19 bits per heavy atom. The Balaban J connectivity index is 2.92. The summed E-state index contributed by atoms with van der Waals surface area (Å²) in [4.78, 5) is 37.0. The largest absolute Gasteiger partial charge is 0.458 e. The van der Waals surface area contributed by atoms with Gasteiger partial charge >= 0.3 is 5.97 Å². The minimum atomic E-state index is -0.734. The molecule has 0 aliphatic carbocycles. The Kier molecular flexibility index (Phi) is 9.03. The van der Waals surface area contributed by atoms with Gasteiger partial charge in [-0.2, -0.15) is 0 Å². The number of benzene rings is 1. The van der Waals surface area contributed by atoms with E-state index in [1.54, 1.807) is 20.8 Å². The summed E-state index contributed by atoms with van der Waals surface area (Å²) in [6.07, 6.45) is 0.892. The smallest absolute Gasteiger partial charge is 0.329 e. The van der Waals surface area contributed by atoms with Gasteiger partial charge in [-0.15, -0.1) is 0 Å². The van der Waals surface area contributed by atoms with Crippen molar-refractivity contribution in [2.75, 3.05) is 0 Å². The van der Waals surface area contributed by atoms with Gasteiger partial charge in [0.1, 0.15) is 11.6 Å². The zero-order chi connectivity index (χ0) is 20.6. The SMILES string of the molecule is CC(=O)SC(Cc1ccccc1)C(=O)N[C@@H](CC(C)C)C(=O)OC(C)(C)C. The van der Waals surface area contributed by atoms with Crippen LogP contribution in [0.5, 0.6) is 0 Å². The van der Waals surface area contributed by atoms with Crippen LogP contribution in [0.15, 0.2) is 30.3 Å². The van der Waals surface area contributed by atoms with E-state index in [-0.39, 0.29) is 16.9 Å². The normalized spacial score (nSPS) is 13.7. The molecule has 1 rings (SSSR count). The minimum Gasteiger partial charge on any atom is -0.458 e. The van der Waals surface area contributed by atoms with E-state index in [1.165, 1.54) is 6.92 Å². The number of carbonyl (C=O) groups is 3. The molecule has 2 atom stereocenters. The van der Waals surface area contributed by atoms with Gasteiger partial charge in [0.05, 0.1) is 5.25 Å². The quantitative estimate of drug-likeness (QED) is 0.681. The van der Waals surface area contributed by atoms with Crippen LogP contribution in [0.3, 0.4) is 0 Å². The van der Waals surface area contributed by atoms with Crippen LogP contribution in [-0.4, -0.2) is 33.9 Å². The molecular formula is C21H31NO4S. The van der Waals surface area contributed by atoms with Gasteiger partial charge in [-0.1, -0.05) is 55.9 Å². The molecule has 0 bridgehead atoms. The number of thioether (sulfide) groups is 1. The topological polar surface area (TPSA) is 72.5 Å². The summed E-state index contributed by atoms with van der Waals surface area (Å²) < 4.78 is 5.45. The van der Waals surface area contributed by atoms with E-state index in [1.807, 2.05) is 44.2 Å². The summed E-state index contributed by atoms with van der Waals surface area (Å²) in [6.45, 7) is 10.8. The fourth-order valence-electron chi connectivity index (χ4n) is 2.54. The molecule has 0 heterocycles. The number of carbonyl (C=O) groups excluding carboxylic acids is 3. The molecule has 0 saturated carbocycles. The van der Waals surface area contributed by atoms with Gasteiger partial charge < -0.3 is 10.1 Å². The van der Waals surface area contributed by atoms with E-state index in [2.05, 4.69) is 5.32 Å². The first-order valence-corrected chi connectivity index (χ1v) is 10.1. The highest BCUT2D eigenvalue weighted by molar-refractivity contribution is 8.14. The van der Waals surface area contributed by atoms with Gasteiger partial charge in [0.2, 0.25) is 5.91 Å². The molecule has 1 unspecified atom stereocenters. The molecule has 1 amide bonds. The molecule has 0 radical (unpaired) electrons. The van der Waals surface area contributed by atoms with Gasteiger partial charge in [-0.25, -0.2) is 4.79 Å². The van der Waals surface area contributed by atoms with Crippen LogP contribution in [0.25, 0.3) is 0 Å². The summed E-state index contributed by atoms with van der Waals surface area (Å²) in [5, 5.41) is 2.08. The minimum absolute atomic E-state index is 0.135. The van der Waals surface area contributed by atoms with Crippen molar-refractivity contribution in [3.05, 3.63) is 35.9 Å². The summed E-state index contributed by atoms with van der Waals surface area (Å²) >= 11 is 0.985. The Hall–Kier alpha value is -1.82. The highest BCUT2D eigenvalue weighted by Crippen LogP contribution is 2.19. The lowest BCUT2D eigenvalue weighted by atomic mass is 10.0. The molecule has 0 aliphatic heterocycles. The molecule has 5 nitrogen and oxygen atoms in total. The maximum Gasteiger partial charge on any atom is 0.329 e. The molecule has 0 fully saturated rings. The average Bonchev–Trinajstić information content (AvgIpc) is 2.52. The zero-order valence-corrected chi connectivity index (χ0v) is 17.9. The third-order valence-corrected chi connectivity index (χ3v) is 4.58. The number of rotatable bonds is 8. The Morgan fingerprint density at radius 2 is 1.70 bits per heavy atom. The van der Waals surface area contributed by atoms with Gasteiger partial charge in [0.15, 0.2) is 5.12 Å². The van der Waals surface area contributed by atoms with Crippen molar-refractivity contribution in [3.8, 4) is 0 Å². The first kappa shape index (κ1) is 23.2. The van der Waals surface area contributed by atoms with Gasteiger partial charge in [0.25, 0.3) is 0 Å². The Morgan fingerprint density at radius 1 is 1.11 bits per heavy atom. The monoisotopic (exact) mass is 393 g/mol. The standard InChI is InChI=1S/C21H31NO4S/c1-14(2)12-17(20(25)26-21(4,5)6)22-19(24)18(27-15(3)23)13-16-10-8-7-9-11-16/h7-11,14,17-18H,12-13H2,1-6H3,(H,22,24)/t17-,18?/m0/s1. The lowest BCUT2D eigenvalue weighted by Crippen LogP contribution is -2.48. The molecule has 1 aromatic rings. The second-order valence-electron chi connectivity index (χ2n) is 8.01. The van der Waals surface area contributed by atoms with Crippen molar-refractivity contribution in [2.45, 2.75) is 71.3 Å². The van der Waals surface area contributed by atoms with Crippen LogP contribution in [0.1, 0.15) is 53.5 Å². The lowest BCUT2D eigenvalue weighted by Gasteiger charge is -2.26. The molecule has 0 aliphatic rings. The van der Waals surface area contributed by atoms with E-state index < -0.39 is 22.9 Å². The van der Waals surface area contributed by atoms with E-state index >= 15 is 0 Å². The second kappa shape index (κ2) is 10.5. The fourth-order valence-corrected chi connectivity index (χ4v) is 3.39. The zero-order valence-electron chi connectivity index (χ0n) is 17.1. The van der Waals surface area contributed by atoms with Crippen molar-refractivity contribution in [3.63, 3.8) is 0 Å². The second-order valence-corrected chi connectivity index (χ2v) is 9.39. The lowest BCUT2D eigenvalue weighted by molar-refractivity contribution is -0.159. The summed E-state index contributed by atoms with van der Waals surface area (Å²) in [7, 11) is 0. The van der Waals surface area contributed by atoms with Crippen molar-refractivity contribution in [1.29, 1.82) is 0 Å². The van der Waals surface area contributed by atoms with Crippen molar-refractivity contribution in [1.82, 2.24) is 5.32 Å². The van der Waals surface area contributed by atoms with Crippen LogP contribution in [-0.2, 0) is 25.5 Å². The first-order chi connectivity index (χ1) is 12.5. The summed E-state index contributed by atoms with van der Waals surface area (Å²) in [6, 6.07) is 8.79. The highest BCUT2D eigenvalue weighted by atomic mass is 32.2. The predicted octanol–water partition coefficient (Wildman–Crippen LogP) is 3.75. The van der Waals surface area contributed by atoms with E-state index in [9.17, 15) is 14.4 Å². The van der Waals surface area contributed by atoms with E-state index in [0.29, 0.717) is 12.8 Å². The number of amides is 1. The molecule has 0 saturated heterocycles. The van der Waals surface area contributed by atoms with Crippen molar-refractivity contribution >= 4 is 28.8 Å². The average molecular weight is 394 g/mol. The van der Waals surface area contributed by atoms with E-state index in [0.717, 1.165) is 17.3 Å². The van der Waals surface area contributed by atoms with Gasteiger partial charge in [-0.3, -0.25) is 9.59 Å². The van der Waals surface area contributed by atoms with Crippen LogP contribution >= 0.6 is 11.8 Å². The number of nitrogens with one attached hydrogen (secondary N) is 1. The van der Waals surface area contributed by atoms with E-state index in [4.69, 9.17) is 4.74 Å². The van der Waals surface area contributed by atoms with Crippen LogP contribution in [0.2, 0.25) is 0 Å². The molecule has 1 aromatic carbocycles. The molecule has 1 N–H and O–H groups in total. The molecule has 0 aromatic heterocycles. The highest BCUT2D eigenvalue weighted by Gasteiger charge is 2.30. The molecular weight excluding hydrogens is 362 g/mol. The molecule has 0 spiro atoms. The molecule has 27 heavy (non-hydrogen) atoms. The predicted molar refractivity (Wildman–Crippen MR) is 109 cm³/mol. The Bertz CT molecular complexity index is 637. The number of esters is 1. The maximum absolute atomic E-state index is 12.9. The van der Waals surface area contributed by atoms with Crippen molar-refractivity contribution < 1.29 is 19.1 Å². The van der Waals surface area contributed by atoms with Gasteiger partial charge in [0, 0.05) is 6.92 Å². The van der Waals surface area contributed by atoms with Crippen molar-refractivity contribution in [2.24, 2.45) is 5.92 Å². The maximum atomic E-state index is 12.9. The molecule has 150 valence electrons. The third kappa shape index (κ3) is 9.61. The summed E-state index contributed by atoms with van der Waals surface area (Å²) in [5.41, 5.74) is 0.332. The Labute approximate surface area is 166 Å². The summed E-state index contributed by atoms with van der Waals surface area (Å²) in [5.74, 6) is -0.567. The number of ether oxygens (including phenoxy) is 1. The fraction of sp³-hybridized carbons (Fsp3) is 0.571. The molecule has 6 heteroatoms.